The molecule has 1 aliphatic carbocycles. The number of aliphatic hydroxyl groups is 1. The second-order valence-corrected chi connectivity index (χ2v) is 5.49. The highest BCUT2D eigenvalue weighted by Gasteiger charge is 2.20. The molecule has 1 aromatic rings. The topological polar surface area (TPSA) is 29.5 Å². The second-order valence-electron chi connectivity index (χ2n) is 5.49. The number of hydrogen-bond acceptors (Lipinski definition) is 2. The van der Waals surface area contributed by atoms with Gasteiger partial charge in [0.05, 0.1) is 12.7 Å². The van der Waals surface area contributed by atoms with Gasteiger partial charge in [-0.25, -0.2) is 0 Å². The number of rotatable bonds is 7. The second kappa shape index (κ2) is 7.54. The van der Waals surface area contributed by atoms with E-state index in [0.717, 1.165) is 43.6 Å². The zero-order chi connectivity index (χ0) is 13.5. The predicted molar refractivity (Wildman–Crippen MR) is 78.6 cm³/mol. The minimum Gasteiger partial charge on any atom is -0.493 e. The normalized spacial score (nSPS) is 18.1. The first-order chi connectivity index (χ1) is 9.33. The van der Waals surface area contributed by atoms with Crippen LogP contribution in [0.3, 0.4) is 0 Å². The maximum absolute atomic E-state index is 10.00. The molecule has 1 unspecified atom stereocenters. The van der Waals surface area contributed by atoms with Crippen molar-refractivity contribution in [3.63, 3.8) is 0 Å². The summed E-state index contributed by atoms with van der Waals surface area (Å²) >= 11 is 0. The highest BCUT2D eigenvalue weighted by molar-refractivity contribution is 5.42. The van der Waals surface area contributed by atoms with Crippen LogP contribution in [-0.2, 0) is 6.42 Å². The van der Waals surface area contributed by atoms with Crippen molar-refractivity contribution in [2.45, 2.75) is 64.4 Å². The Labute approximate surface area is 116 Å². The van der Waals surface area contributed by atoms with Crippen LogP contribution in [0.5, 0.6) is 5.75 Å². The molecular formula is C17H26O2. The molecule has 106 valence electrons. The summed E-state index contributed by atoms with van der Waals surface area (Å²) in [5.41, 5.74) is 2.31. The molecule has 0 heterocycles. The molecule has 0 saturated carbocycles. The third-order valence-corrected chi connectivity index (χ3v) is 3.94. The number of hydrogen-bond donors (Lipinski definition) is 1. The van der Waals surface area contributed by atoms with E-state index in [0.29, 0.717) is 0 Å². The third-order valence-electron chi connectivity index (χ3n) is 3.94. The molecule has 1 atom stereocenters. The summed E-state index contributed by atoms with van der Waals surface area (Å²) in [5.74, 6) is 0.992. The van der Waals surface area contributed by atoms with E-state index in [1.54, 1.807) is 0 Å². The van der Waals surface area contributed by atoms with E-state index in [1.165, 1.54) is 31.2 Å². The molecule has 2 nitrogen and oxygen atoms in total. The van der Waals surface area contributed by atoms with Gasteiger partial charge in [-0.15, -0.1) is 0 Å². The van der Waals surface area contributed by atoms with Crippen LogP contribution in [0.25, 0.3) is 0 Å². The Morgan fingerprint density at radius 3 is 2.89 bits per heavy atom. The van der Waals surface area contributed by atoms with Crippen molar-refractivity contribution in [3.05, 3.63) is 29.3 Å². The van der Waals surface area contributed by atoms with E-state index < -0.39 is 0 Å². The van der Waals surface area contributed by atoms with Gasteiger partial charge in [-0.1, -0.05) is 44.7 Å². The SMILES string of the molecule is CCCCCCCOc1cccc2c1CCCC2O. The summed E-state index contributed by atoms with van der Waals surface area (Å²) in [4.78, 5) is 0. The Morgan fingerprint density at radius 2 is 2.05 bits per heavy atom. The van der Waals surface area contributed by atoms with Gasteiger partial charge in [0.1, 0.15) is 5.75 Å². The predicted octanol–water partition coefficient (Wildman–Crippen LogP) is 4.41. The molecule has 0 aliphatic heterocycles. The molecule has 0 aromatic heterocycles. The molecule has 2 heteroatoms. The molecule has 0 saturated heterocycles. The minimum absolute atomic E-state index is 0.295. The van der Waals surface area contributed by atoms with Gasteiger partial charge in [0.15, 0.2) is 0 Å². The number of unbranched alkanes of at least 4 members (excludes halogenated alkanes) is 4. The summed E-state index contributed by atoms with van der Waals surface area (Å²) in [6, 6.07) is 6.08. The molecule has 0 radical (unpaired) electrons. The maximum Gasteiger partial charge on any atom is 0.122 e. The zero-order valence-electron chi connectivity index (χ0n) is 12.0. The smallest absolute Gasteiger partial charge is 0.122 e. The van der Waals surface area contributed by atoms with E-state index in [9.17, 15) is 5.11 Å². The van der Waals surface area contributed by atoms with Gasteiger partial charge in [-0.05, 0) is 42.9 Å². The first kappa shape index (κ1) is 14.4. The summed E-state index contributed by atoms with van der Waals surface area (Å²) in [6.45, 7) is 3.04. The number of fused-ring (bicyclic) bond motifs is 1. The van der Waals surface area contributed by atoms with Crippen molar-refractivity contribution in [3.8, 4) is 5.75 Å². The molecule has 0 fully saturated rings. The van der Waals surface area contributed by atoms with Gasteiger partial charge >= 0.3 is 0 Å². The van der Waals surface area contributed by atoms with Crippen LogP contribution in [0.1, 0.15) is 69.1 Å². The zero-order valence-corrected chi connectivity index (χ0v) is 12.0. The lowest BCUT2D eigenvalue weighted by molar-refractivity contribution is 0.155. The van der Waals surface area contributed by atoms with E-state index in [4.69, 9.17) is 4.74 Å². The van der Waals surface area contributed by atoms with Crippen molar-refractivity contribution >= 4 is 0 Å². The quantitative estimate of drug-likeness (QED) is 0.738. The lowest BCUT2D eigenvalue weighted by Gasteiger charge is -2.23. The van der Waals surface area contributed by atoms with E-state index >= 15 is 0 Å². The fraction of sp³-hybridized carbons (Fsp3) is 0.647. The Morgan fingerprint density at radius 1 is 1.21 bits per heavy atom. The molecule has 0 bridgehead atoms. The van der Waals surface area contributed by atoms with Gasteiger partial charge < -0.3 is 9.84 Å². The lowest BCUT2D eigenvalue weighted by atomic mass is 9.89. The average Bonchev–Trinajstić information content (AvgIpc) is 2.43. The van der Waals surface area contributed by atoms with E-state index in [-0.39, 0.29) is 6.10 Å². The Kier molecular flexibility index (Phi) is 5.71. The lowest BCUT2D eigenvalue weighted by Crippen LogP contribution is -2.11. The number of benzene rings is 1. The number of ether oxygens (including phenoxy) is 1. The summed E-state index contributed by atoms with van der Waals surface area (Å²) in [7, 11) is 0. The summed E-state index contributed by atoms with van der Waals surface area (Å²) in [6.07, 6.45) is 9.00. The largest absolute Gasteiger partial charge is 0.493 e. The molecule has 1 aliphatic rings. The Bertz CT molecular complexity index is 387. The maximum atomic E-state index is 10.00. The Balaban J connectivity index is 1.85. The summed E-state index contributed by atoms with van der Waals surface area (Å²) in [5, 5.41) is 10.00. The van der Waals surface area contributed by atoms with Crippen LogP contribution in [0.15, 0.2) is 18.2 Å². The van der Waals surface area contributed by atoms with Gasteiger partial charge in [0, 0.05) is 0 Å². The average molecular weight is 262 g/mol. The van der Waals surface area contributed by atoms with Gasteiger partial charge in [-0.3, -0.25) is 0 Å². The standard InChI is InChI=1S/C17H26O2/c1-2-3-4-5-6-13-19-17-12-8-9-14-15(17)10-7-11-16(14)18/h8-9,12,16,18H,2-7,10-11,13H2,1H3. The van der Waals surface area contributed by atoms with Crippen LogP contribution in [0.2, 0.25) is 0 Å². The molecule has 0 amide bonds. The van der Waals surface area contributed by atoms with Crippen LogP contribution in [0.4, 0.5) is 0 Å². The van der Waals surface area contributed by atoms with Gasteiger partial charge in [-0.2, -0.15) is 0 Å². The fourth-order valence-corrected chi connectivity index (χ4v) is 2.81. The molecule has 0 spiro atoms. The highest BCUT2D eigenvalue weighted by Crippen LogP contribution is 2.35. The summed E-state index contributed by atoms with van der Waals surface area (Å²) < 4.78 is 5.92. The molecule has 2 rings (SSSR count). The van der Waals surface area contributed by atoms with E-state index in [1.807, 2.05) is 18.2 Å². The first-order valence-electron chi connectivity index (χ1n) is 7.75. The highest BCUT2D eigenvalue weighted by atomic mass is 16.5. The molecular weight excluding hydrogens is 236 g/mol. The van der Waals surface area contributed by atoms with Crippen LogP contribution >= 0.6 is 0 Å². The van der Waals surface area contributed by atoms with Crippen molar-refractivity contribution in [2.24, 2.45) is 0 Å². The van der Waals surface area contributed by atoms with E-state index in [2.05, 4.69) is 6.92 Å². The van der Waals surface area contributed by atoms with Crippen LogP contribution in [0, 0.1) is 0 Å². The van der Waals surface area contributed by atoms with Gasteiger partial charge in [0.2, 0.25) is 0 Å². The van der Waals surface area contributed by atoms with Crippen molar-refractivity contribution in [1.29, 1.82) is 0 Å². The van der Waals surface area contributed by atoms with Crippen LogP contribution in [-0.4, -0.2) is 11.7 Å². The van der Waals surface area contributed by atoms with Crippen molar-refractivity contribution < 1.29 is 9.84 Å². The molecule has 1 aromatic carbocycles. The molecule has 1 N–H and O–H groups in total. The molecule has 19 heavy (non-hydrogen) atoms. The first-order valence-corrected chi connectivity index (χ1v) is 7.75. The Hall–Kier alpha value is -1.02. The fourth-order valence-electron chi connectivity index (χ4n) is 2.81. The van der Waals surface area contributed by atoms with Crippen molar-refractivity contribution in [2.75, 3.05) is 6.61 Å². The van der Waals surface area contributed by atoms with Crippen LogP contribution < -0.4 is 4.74 Å². The number of aliphatic hydroxyl groups excluding tert-OH is 1. The third kappa shape index (κ3) is 3.97. The van der Waals surface area contributed by atoms with Crippen molar-refractivity contribution in [1.82, 2.24) is 0 Å². The van der Waals surface area contributed by atoms with Gasteiger partial charge in [0.25, 0.3) is 0 Å². The minimum atomic E-state index is -0.295. The monoisotopic (exact) mass is 262 g/mol.